The highest BCUT2D eigenvalue weighted by Crippen LogP contribution is 2.41. The van der Waals surface area contributed by atoms with Gasteiger partial charge in [0.2, 0.25) is 5.75 Å². The molecule has 1 aliphatic heterocycles. The molecule has 0 fully saturated rings. The van der Waals surface area contributed by atoms with Crippen LogP contribution in [0.2, 0.25) is 0 Å². The van der Waals surface area contributed by atoms with E-state index < -0.39 is 15.5 Å². The smallest absolute Gasteiger partial charge is 0.321 e. The van der Waals surface area contributed by atoms with E-state index in [2.05, 4.69) is 0 Å². The molecule has 2 rings (SSSR count). The van der Waals surface area contributed by atoms with E-state index in [4.69, 9.17) is 9.47 Å². The van der Waals surface area contributed by atoms with Crippen molar-refractivity contribution in [1.29, 1.82) is 0 Å². The van der Waals surface area contributed by atoms with Crippen molar-refractivity contribution >= 4 is 11.4 Å². The maximum atomic E-state index is 10.9. The average Bonchev–Trinajstić information content (AvgIpc) is 2.28. The van der Waals surface area contributed by atoms with Crippen molar-refractivity contribution in [2.24, 2.45) is 0 Å². The Morgan fingerprint density at radius 2 is 1.67 bits per heavy atom. The molecule has 0 saturated heterocycles. The van der Waals surface area contributed by atoms with Gasteiger partial charge in [-0.2, -0.15) is 0 Å². The maximum Gasteiger partial charge on any atom is 0.321 e. The predicted molar refractivity (Wildman–Crippen MR) is 60.0 cm³/mol. The first-order valence-electron chi connectivity index (χ1n) is 5.32. The molecule has 0 atom stereocenters. The third-order valence-electron chi connectivity index (χ3n) is 2.47. The highest BCUT2D eigenvalue weighted by atomic mass is 16.6. The molecule has 0 amide bonds. The Kier molecular flexibility index (Phi) is 3.26. The molecule has 1 aromatic carbocycles. The molecule has 1 heterocycles. The second-order valence-corrected chi connectivity index (χ2v) is 3.71. The van der Waals surface area contributed by atoms with Gasteiger partial charge in [-0.15, -0.1) is 0 Å². The molecule has 0 aliphatic carbocycles. The first-order chi connectivity index (χ1) is 8.59. The minimum absolute atomic E-state index is 0.0368. The van der Waals surface area contributed by atoms with E-state index in [0.717, 1.165) is 18.6 Å². The van der Waals surface area contributed by atoms with E-state index in [1.165, 1.54) is 0 Å². The molecule has 8 heteroatoms. The maximum absolute atomic E-state index is 10.9. The number of rotatable bonds is 2. The van der Waals surface area contributed by atoms with Crippen LogP contribution >= 0.6 is 0 Å². The van der Waals surface area contributed by atoms with Crippen molar-refractivity contribution in [1.82, 2.24) is 0 Å². The standard InChI is InChI=1S/C10H10N2O6/c13-11(14)7-5-8(12(15)16)10-9(6-7)17-3-1-2-4-18-10/h5-6H,1-4H2. The summed E-state index contributed by atoms with van der Waals surface area (Å²) in [6, 6.07) is 2.03. The summed E-state index contributed by atoms with van der Waals surface area (Å²) >= 11 is 0. The van der Waals surface area contributed by atoms with E-state index in [-0.39, 0.29) is 17.2 Å². The topological polar surface area (TPSA) is 105 Å². The number of nitro groups is 2. The molecule has 96 valence electrons. The third-order valence-corrected chi connectivity index (χ3v) is 2.47. The van der Waals surface area contributed by atoms with Gasteiger partial charge in [0.05, 0.1) is 35.2 Å². The van der Waals surface area contributed by atoms with E-state index in [1.807, 2.05) is 0 Å². The summed E-state index contributed by atoms with van der Waals surface area (Å²) in [5.74, 6) is 0.0147. The van der Waals surface area contributed by atoms with Crippen molar-refractivity contribution in [3.8, 4) is 11.5 Å². The van der Waals surface area contributed by atoms with Crippen LogP contribution in [0, 0.1) is 20.2 Å². The highest BCUT2D eigenvalue weighted by Gasteiger charge is 2.27. The molecular weight excluding hydrogens is 244 g/mol. The summed E-state index contributed by atoms with van der Waals surface area (Å²) in [5.41, 5.74) is -0.828. The molecular formula is C10H10N2O6. The van der Waals surface area contributed by atoms with Gasteiger partial charge in [0.25, 0.3) is 5.69 Å². The lowest BCUT2D eigenvalue weighted by Crippen LogP contribution is -2.10. The molecule has 0 saturated carbocycles. The molecule has 0 bridgehead atoms. The van der Waals surface area contributed by atoms with Gasteiger partial charge < -0.3 is 9.47 Å². The molecule has 0 spiro atoms. The van der Waals surface area contributed by atoms with Crippen LogP contribution in [0.4, 0.5) is 11.4 Å². The zero-order chi connectivity index (χ0) is 13.1. The number of nitrogens with zero attached hydrogens (tertiary/aromatic N) is 2. The lowest BCUT2D eigenvalue weighted by atomic mass is 10.2. The summed E-state index contributed by atoms with van der Waals surface area (Å²) in [6.45, 7) is 0.684. The Hall–Kier alpha value is -2.38. The van der Waals surface area contributed by atoms with Gasteiger partial charge >= 0.3 is 5.69 Å². The van der Waals surface area contributed by atoms with Crippen molar-refractivity contribution in [3.63, 3.8) is 0 Å². The van der Waals surface area contributed by atoms with Crippen molar-refractivity contribution in [2.75, 3.05) is 13.2 Å². The lowest BCUT2D eigenvalue weighted by molar-refractivity contribution is -0.394. The zero-order valence-corrected chi connectivity index (χ0v) is 9.33. The van der Waals surface area contributed by atoms with Gasteiger partial charge in [0.1, 0.15) is 0 Å². The lowest BCUT2D eigenvalue weighted by Gasteiger charge is -2.15. The normalized spacial score (nSPS) is 14.4. The van der Waals surface area contributed by atoms with Gasteiger partial charge in [-0.25, -0.2) is 0 Å². The Labute approximate surface area is 101 Å². The van der Waals surface area contributed by atoms with E-state index in [9.17, 15) is 20.2 Å². The Bertz CT molecular complexity index is 501. The number of non-ortho nitro benzene ring substituents is 1. The van der Waals surface area contributed by atoms with Crippen LogP contribution in [0.3, 0.4) is 0 Å². The van der Waals surface area contributed by atoms with Crippen LogP contribution in [0.25, 0.3) is 0 Å². The number of nitro benzene ring substituents is 2. The summed E-state index contributed by atoms with van der Waals surface area (Å²) in [4.78, 5) is 20.2. The molecule has 8 nitrogen and oxygen atoms in total. The van der Waals surface area contributed by atoms with Crippen LogP contribution in [0.1, 0.15) is 12.8 Å². The van der Waals surface area contributed by atoms with Crippen molar-refractivity contribution in [2.45, 2.75) is 12.8 Å². The van der Waals surface area contributed by atoms with E-state index in [1.54, 1.807) is 0 Å². The minimum Gasteiger partial charge on any atom is -0.489 e. The van der Waals surface area contributed by atoms with Gasteiger partial charge in [-0.3, -0.25) is 20.2 Å². The predicted octanol–water partition coefficient (Wildman–Crippen LogP) is 2.05. The Morgan fingerprint density at radius 1 is 1.00 bits per heavy atom. The fraction of sp³-hybridized carbons (Fsp3) is 0.400. The zero-order valence-electron chi connectivity index (χ0n) is 9.33. The second-order valence-electron chi connectivity index (χ2n) is 3.71. The van der Waals surface area contributed by atoms with Crippen LogP contribution in [-0.2, 0) is 0 Å². The number of fused-ring (bicyclic) bond motifs is 1. The summed E-state index contributed by atoms with van der Waals surface area (Å²) < 4.78 is 10.5. The summed E-state index contributed by atoms with van der Waals surface area (Å²) in [6.07, 6.45) is 1.45. The first-order valence-corrected chi connectivity index (χ1v) is 5.32. The SMILES string of the molecule is O=[N+]([O-])c1cc2c(c([N+](=O)[O-])c1)OCCCCO2. The fourth-order valence-electron chi connectivity index (χ4n) is 1.63. The van der Waals surface area contributed by atoms with E-state index >= 15 is 0 Å². The quantitative estimate of drug-likeness (QED) is 0.590. The van der Waals surface area contributed by atoms with Crippen LogP contribution in [0.15, 0.2) is 12.1 Å². The molecule has 0 unspecified atom stereocenters. The summed E-state index contributed by atoms with van der Waals surface area (Å²) in [5, 5.41) is 21.6. The molecule has 18 heavy (non-hydrogen) atoms. The highest BCUT2D eigenvalue weighted by molar-refractivity contribution is 5.62. The number of hydrogen-bond donors (Lipinski definition) is 0. The monoisotopic (exact) mass is 254 g/mol. The first kappa shape index (κ1) is 12.1. The third kappa shape index (κ3) is 2.31. The molecule has 1 aliphatic rings. The Morgan fingerprint density at radius 3 is 2.28 bits per heavy atom. The second kappa shape index (κ2) is 4.86. The average molecular weight is 254 g/mol. The summed E-state index contributed by atoms with van der Waals surface area (Å²) in [7, 11) is 0. The van der Waals surface area contributed by atoms with Gasteiger partial charge in [-0.1, -0.05) is 0 Å². The largest absolute Gasteiger partial charge is 0.489 e. The van der Waals surface area contributed by atoms with Crippen molar-refractivity contribution in [3.05, 3.63) is 32.4 Å². The van der Waals surface area contributed by atoms with Crippen LogP contribution < -0.4 is 9.47 Å². The minimum atomic E-state index is -0.712. The molecule has 0 radical (unpaired) electrons. The number of benzene rings is 1. The van der Waals surface area contributed by atoms with Gasteiger partial charge in [0.15, 0.2) is 5.75 Å². The van der Waals surface area contributed by atoms with Gasteiger partial charge in [0, 0.05) is 0 Å². The fourth-order valence-corrected chi connectivity index (χ4v) is 1.63. The van der Waals surface area contributed by atoms with Gasteiger partial charge in [-0.05, 0) is 12.8 Å². The van der Waals surface area contributed by atoms with E-state index in [0.29, 0.717) is 19.6 Å². The molecule has 0 N–H and O–H groups in total. The Balaban J connectivity index is 2.55. The number of ether oxygens (including phenoxy) is 2. The number of hydrogen-bond acceptors (Lipinski definition) is 6. The molecule has 1 aromatic rings. The van der Waals surface area contributed by atoms with Crippen LogP contribution in [-0.4, -0.2) is 23.1 Å². The van der Waals surface area contributed by atoms with Crippen molar-refractivity contribution < 1.29 is 19.3 Å². The molecule has 0 aromatic heterocycles. The van der Waals surface area contributed by atoms with Crippen LogP contribution in [0.5, 0.6) is 11.5 Å².